The Morgan fingerprint density at radius 1 is 1.13 bits per heavy atom. The monoisotopic (exact) mass is 519 g/mol. The number of rotatable bonds is 9. The summed E-state index contributed by atoms with van der Waals surface area (Å²) >= 11 is 0. The Labute approximate surface area is 217 Å². The number of carbonyl (C=O) groups excluding carboxylic acids is 2. The summed E-state index contributed by atoms with van der Waals surface area (Å²) in [6, 6.07) is 7.24. The average molecular weight is 520 g/mol. The van der Waals surface area contributed by atoms with E-state index in [1.54, 1.807) is 30.7 Å². The highest BCUT2D eigenvalue weighted by Crippen LogP contribution is 2.30. The molecule has 196 valence electrons. The van der Waals surface area contributed by atoms with Gasteiger partial charge in [-0.2, -0.15) is 0 Å². The predicted molar refractivity (Wildman–Crippen MR) is 133 cm³/mol. The highest BCUT2D eigenvalue weighted by Gasteiger charge is 2.33. The molecule has 6 heterocycles. The van der Waals surface area contributed by atoms with Gasteiger partial charge in [-0.05, 0) is 42.8 Å². The standard InChI is InChI=1S/C25H25N7O6/c33-22-14-36-20-1-2-21(30-24(20)31-22)32-11-16(38-25(32)34)4-5-26-8-15-3-6-28-18(7-15)19-9-27-10-23(29-19)37-17-12-35-13-17/h1-3,6-7,9-10,16-17,26H,4-5,8,11-14H2,(H,30,31,33)/t16-/m0/s1. The smallest absolute Gasteiger partial charge is 0.415 e. The first-order valence-electron chi connectivity index (χ1n) is 12.2. The number of anilines is 2. The molecule has 0 radical (unpaired) electrons. The van der Waals surface area contributed by atoms with Crippen LogP contribution in [0.3, 0.4) is 0 Å². The minimum atomic E-state index is -0.471. The number of pyridine rings is 2. The number of cyclic esters (lactones) is 1. The zero-order valence-corrected chi connectivity index (χ0v) is 20.3. The fourth-order valence-electron chi connectivity index (χ4n) is 4.16. The van der Waals surface area contributed by atoms with Crippen molar-refractivity contribution in [3.8, 4) is 23.0 Å². The number of hydrogen-bond donors (Lipinski definition) is 2. The number of nitrogens with zero attached hydrogens (tertiary/aromatic N) is 5. The van der Waals surface area contributed by atoms with E-state index in [0.29, 0.717) is 73.9 Å². The maximum Gasteiger partial charge on any atom is 0.415 e. The molecule has 1 atom stereocenters. The molecular formula is C25H25N7O6. The summed E-state index contributed by atoms with van der Waals surface area (Å²) in [7, 11) is 0. The summed E-state index contributed by atoms with van der Waals surface area (Å²) in [5.41, 5.74) is 2.36. The molecule has 13 heteroatoms. The van der Waals surface area contributed by atoms with Gasteiger partial charge in [0.05, 0.1) is 37.8 Å². The first kappa shape index (κ1) is 24.0. The number of hydrogen-bond acceptors (Lipinski definition) is 11. The lowest BCUT2D eigenvalue weighted by Gasteiger charge is -2.25. The lowest BCUT2D eigenvalue weighted by molar-refractivity contribution is -0.118. The average Bonchev–Trinajstić information content (AvgIpc) is 3.29. The molecular weight excluding hydrogens is 494 g/mol. The van der Waals surface area contributed by atoms with Gasteiger partial charge >= 0.3 is 6.09 Å². The molecule has 2 saturated heterocycles. The fraction of sp³-hybridized carbons (Fsp3) is 0.360. The highest BCUT2D eigenvalue weighted by molar-refractivity contribution is 5.95. The van der Waals surface area contributed by atoms with Crippen LogP contribution in [0.15, 0.2) is 42.9 Å². The van der Waals surface area contributed by atoms with Crippen molar-refractivity contribution in [2.24, 2.45) is 0 Å². The van der Waals surface area contributed by atoms with Gasteiger partial charge in [0, 0.05) is 12.7 Å². The molecule has 3 aliphatic heterocycles. The molecule has 0 spiro atoms. The van der Waals surface area contributed by atoms with Crippen LogP contribution in [0, 0.1) is 0 Å². The molecule has 6 rings (SSSR count). The molecule has 0 bridgehead atoms. The predicted octanol–water partition coefficient (Wildman–Crippen LogP) is 1.55. The molecule has 0 saturated carbocycles. The van der Waals surface area contributed by atoms with E-state index in [9.17, 15) is 9.59 Å². The number of fused-ring (bicyclic) bond motifs is 1. The van der Waals surface area contributed by atoms with Crippen molar-refractivity contribution < 1.29 is 28.5 Å². The first-order chi connectivity index (χ1) is 18.6. The Balaban J connectivity index is 1.00. The van der Waals surface area contributed by atoms with Crippen LogP contribution in [0.25, 0.3) is 11.4 Å². The van der Waals surface area contributed by atoms with Gasteiger partial charge in [-0.25, -0.2) is 14.8 Å². The molecule has 3 aromatic heterocycles. The van der Waals surface area contributed by atoms with E-state index in [0.717, 1.165) is 5.56 Å². The van der Waals surface area contributed by atoms with Crippen LogP contribution in [-0.4, -0.2) is 77.1 Å². The number of nitrogens with one attached hydrogen (secondary N) is 2. The van der Waals surface area contributed by atoms with E-state index in [2.05, 4.69) is 30.6 Å². The maximum atomic E-state index is 12.4. The number of ether oxygens (including phenoxy) is 4. The summed E-state index contributed by atoms with van der Waals surface area (Å²) in [6.07, 6.45) is 4.85. The van der Waals surface area contributed by atoms with E-state index in [1.165, 1.54) is 4.90 Å². The number of aromatic nitrogens is 4. The summed E-state index contributed by atoms with van der Waals surface area (Å²) in [5, 5.41) is 6.03. The van der Waals surface area contributed by atoms with Crippen molar-refractivity contribution in [3.05, 3.63) is 48.4 Å². The van der Waals surface area contributed by atoms with E-state index in [1.807, 2.05) is 12.1 Å². The largest absolute Gasteiger partial charge is 0.480 e. The minimum Gasteiger partial charge on any atom is -0.480 e. The van der Waals surface area contributed by atoms with Crippen molar-refractivity contribution in [3.63, 3.8) is 0 Å². The van der Waals surface area contributed by atoms with Crippen molar-refractivity contribution in [1.29, 1.82) is 0 Å². The van der Waals surface area contributed by atoms with Crippen molar-refractivity contribution in [2.45, 2.75) is 25.2 Å². The molecule has 13 nitrogen and oxygen atoms in total. The molecule has 38 heavy (non-hydrogen) atoms. The van der Waals surface area contributed by atoms with Gasteiger partial charge in [-0.15, -0.1) is 0 Å². The highest BCUT2D eigenvalue weighted by atomic mass is 16.6. The molecule has 3 aromatic rings. The Hall–Kier alpha value is -4.36. The zero-order chi connectivity index (χ0) is 25.9. The molecule has 0 aromatic carbocycles. The Kier molecular flexibility index (Phi) is 6.67. The van der Waals surface area contributed by atoms with E-state index < -0.39 is 6.09 Å². The molecule has 3 aliphatic rings. The van der Waals surface area contributed by atoms with Gasteiger partial charge in [-0.3, -0.25) is 19.7 Å². The maximum absolute atomic E-state index is 12.4. The van der Waals surface area contributed by atoms with Crippen LogP contribution in [0.4, 0.5) is 16.4 Å². The van der Waals surface area contributed by atoms with Gasteiger partial charge in [-0.1, -0.05) is 0 Å². The summed E-state index contributed by atoms with van der Waals surface area (Å²) in [6.45, 7) is 2.67. The zero-order valence-electron chi connectivity index (χ0n) is 20.3. The molecule has 2 amide bonds. The second-order valence-electron chi connectivity index (χ2n) is 9.00. The normalized spacial score (nSPS) is 18.7. The summed E-state index contributed by atoms with van der Waals surface area (Å²) in [4.78, 5) is 43.0. The van der Waals surface area contributed by atoms with Gasteiger partial charge in [0.1, 0.15) is 23.7 Å². The first-order valence-corrected chi connectivity index (χ1v) is 12.2. The van der Waals surface area contributed by atoms with Crippen molar-refractivity contribution in [2.75, 3.05) is 43.1 Å². The summed E-state index contributed by atoms with van der Waals surface area (Å²) in [5.74, 6) is 1.33. The number of carbonyl (C=O) groups is 2. The topological polar surface area (TPSA) is 150 Å². The fourth-order valence-corrected chi connectivity index (χ4v) is 4.16. The van der Waals surface area contributed by atoms with Gasteiger partial charge in [0.2, 0.25) is 5.88 Å². The molecule has 0 unspecified atom stereocenters. The van der Waals surface area contributed by atoms with E-state index >= 15 is 0 Å². The second-order valence-corrected chi connectivity index (χ2v) is 9.00. The SMILES string of the molecule is O=C1COc2ccc(N3C[C@H](CCNCc4ccnc(-c5cncc(OC6COC6)n5)c4)OC3=O)nc2N1. The molecule has 2 fully saturated rings. The van der Waals surface area contributed by atoms with Crippen LogP contribution < -0.4 is 25.0 Å². The van der Waals surface area contributed by atoms with Crippen LogP contribution in [0.1, 0.15) is 12.0 Å². The van der Waals surface area contributed by atoms with Crippen LogP contribution in [0.5, 0.6) is 11.6 Å². The Morgan fingerprint density at radius 3 is 2.92 bits per heavy atom. The van der Waals surface area contributed by atoms with Crippen LogP contribution in [0.2, 0.25) is 0 Å². The van der Waals surface area contributed by atoms with Gasteiger partial charge in [0.25, 0.3) is 5.91 Å². The van der Waals surface area contributed by atoms with Crippen molar-refractivity contribution >= 4 is 23.6 Å². The van der Waals surface area contributed by atoms with E-state index in [-0.39, 0.29) is 24.7 Å². The molecule has 0 aliphatic carbocycles. The second kappa shape index (κ2) is 10.6. The Morgan fingerprint density at radius 2 is 2.05 bits per heavy atom. The third kappa shape index (κ3) is 5.33. The lowest BCUT2D eigenvalue weighted by Crippen LogP contribution is -2.38. The Bertz CT molecular complexity index is 1350. The quantitative estimate of drug-likeness (QED) is 0.396. The summed E-state index contributed by atoms with van der Waals surface area (Å²) < 4.78 is 21.7. The van der Waals surface area contributed by atoms with Gasteiger partial charge < -0.3 is 29.6 Å². The third-order valence-corrected chi connectivity index (χ3v) is 6.18. The van der Waals surface area contributed by atoms with Crippen LogP contribution in [-0.2, 0) is 20.8 Å². The molecule has 2 N–H and O–H groups in total. The van der Waals surface area contributed by atoms with Crippen LogP contribution >= 0.6 is 0 Å². The third-order valence-electron chi connectivity index (χ3n) is 6.18. The van der Waals surface area contributed by atoms with Crippen molar-refractivity contribution in [1.82, 2.24) is 25.3 Å². The van der Waals surface area contributed by atoms with E-state index in [4.69, 9.17) is 18.9 Å². The van der Waals surface area contributed by atoms with Gasteiger partial charge in [0.15, 0.2) is 18.2 Å². The number of amides is 2. The lowest BCUT2D eigenvalue weighted by atomic mass is 10.2. The minimum absolute atomic E-state index is 0.0146.